The van der Waals surface area contributed by atoms with Crippen LogP contribution in [0.15, 0.2) is 0 Å². The van der Waals surface area contributed by atoms with E-state index in [2.05, 4.69) is 11.9 Å². The van der Waals surface area contributed by atoms with Gasteiger partial charge in [-0.25, -0.2) is 0 Å². The topological polar surface area (TPSA) is 43.8 Å². The van der Waals surface area contributed by atoms with Crippen molar-refractivity contribution in [2.75, 3.05) is 27.2 Å². The highest BCUT2D eigenvalue weighted by Gasteiger charge is 2.23. The Labute approximate surface area is 117 Å². The molecule has 1 aliphatic heterocycles. The molecule has 0 saturated carbocycles. The molecule has 108 valence electrons. The summed E-state index contributed by atoms with van der Waals surface area (Å²) in [6.45, 7) is 3.99. The smallest absolute Gasteiger partial charge is 0.320 e. The number of aliphatic carboxylic acids is 1. The van der Waals surface area contributed by atoms with Gasteiger partial charge >= 0.3 is 5.97 Å². The van der Waals surface area contributed by atoms with Crippen molar-refractivity contribution in [2.24, 2.45) is 0 Å². The molecule has 1 aliphatic rings. The third-order valence-electron chi connectivity index (χ3n) is 3.94. The van der Waals surface area contributed by atoms with E-state index in [1.807, 2.05) is 18.9 Å². The summed E-state index contributed by atoms with van der Waals surface area (Å²) in [4.78, 5) is 15.4. The summed E-state index contributed by atoms with van der Waals surface area (Å²) in [5.74, 6) is -0.702. The molecule has 0 amide bonds. The number of likely N-dealkylation sites (N-methyl/N-ethyl adjacent to an activating group) is 1. The van der Waals surface area contributed by atoms with E-state index < -0.39 is 5.97 Å². The Morgan fingerprint density at radius 1 is 1.50 bits per heavy atom. The van der Waals surface area contributed by atoms with Gasteiger partial charge in [-0.05, 0) is 46.3 Å². The van der Waals surface area contributed by atoms with E-state index in [1.165, 1.54) is 25.8 Å². The van der Waals surface area contributed by atoms with Gasteiger partial charge in [0.1, 0.15) is 6.04 Å². The molecule has 2 atom stereocenters. The molecule has 0 aromatic heterocycles. The van der Waals surface area contributed by atoms with E-state index in [9.17, 15) is 4.79 Å². The van der Waals surface area contributed by atoms with Crippen molar-refractivity contribution in [3.05, 3.63) is 0 Å². The summed E-state index contributed by atoms with van der Waals surface area (Å²) in [7, 11) is 4.10. The van der Waals surface area contributed by atoms with Gasteiger partial charge in [0.2, 0.25) is 0 Å². The number of hydrogen-bond donors (Lipinski definition) is 1. The third kappa shape index (κ3) is 5.12. The molecule has 0 spiro atoms. The molecule has 0 aromatic carbocycles. The van der Waals surface area contributed by atoms with Gasteiger partial charge in [0.25, 0.3) is 0 Å². The first-order valence-corrected chi connectivity index (χ1v) is 6.69. The highest BCUT2D eigenvalue weighted by Crippen LogP contribution is 2.18. The second-order valence-corrected chi connectivity index (χ2v) is 5.16. The highest BCUT2D eigenvalue weighted by atomic mass is 35.5. The number of carboxylic acids is 1. The van der Waals surface area contributed by atoms with Gasteiger partial charge in [-0.2, -0.15) is 0 Å². The summed E-state index contributed by atoms with van der Waals surface area (Å²) in [5, 5.41) is 9.08. The van der Waals surface area contributed by atoms with Gasteiger partial charge in [0.15, 0.2) is 0 Å². The second-order valence-electron chi connectivity index (χ2n) is 5.16. The van der Waals surface area contributed by atoms with Crippen molar-refractivity contribution in [1.29, 1.82) is 0 Å². The Hall–Kier alpha value is -0.320. The predicted molar refractivity (Wildman–Crippen MR) is 76.5 cm³/mol. The average Bonchev–Trinajstić information content (AvgIpc) is 2.28. The average molecular weight is 279 g/mol. The summed E-state index contributed by atoms with van der Waals surface area (Å²) < 4.78 is 0. The number of halogens is 1. The van der Waals surface area contributed by atoms with Crippen LogP contribution in [0.2, 0.25) is 0 Å². The van der Waals surface area contributed by atoms with Crippen LogP contribution in [0.3, 0.4) is 0 Å². The summed E-state index contributed by atoms with van der Waals surface area (Å²) in [5.41, 5.74) is 0. The standard InChI is InChI=1S/C13H26N2O2.ClH/c1-4-12(13(16)17)15(3)10-8-11-7-5-6-9-14(11)2;/h11-12H,4-10H2,1-3H3,(H,16,17);1H. The number of carbonyl (C=O) groups is 1. The van der Waals surface area contributed by atoms with E-state index in [0.717, 1.165) is 13.0 Å². The molecule has 0 aromatic rings. The van der Waals surface area contributed by atoms with Gasteiger partial charge in [0, 0.05) is 12.6 Å². The van der Waals surface area contributed by atoms with Gasteiger partial charge in [-0.3, -0.25) is 9.69 Å². The molecule has 1 rings (SSSR count). The van der Waals surface area contributed by atoms with Crippen LogP contribution in [0, 0.1) is 0 Å². The SMILES string of the molecule is CCC(C(=O)O)N(C)CCC1CCCCN1C.Cl. The van der Waals surface area contributed by atoms with Crippen molar-refractivity contribution in [3.63, 3.8) is 0 Å². The van der Waals surface area contributed by atoms with Gasteiger partial charge in [-0.15, -0.1) is 12.4 Å². The largest absolute Gasteiger partial charge is 0.480 e. The summed E-state index contributed by atoms with van der Waals surface area (Å²) in [6, 6.07) is 0.307. The van der Waals surface area contributed by atoms with Crippen molar-refractivity contribution < 1.29 is 9.90 Å². The Balaban J connectivity index is 0.00000289. The minimum absolute atomic E-state index is 0. The zero-order valence-corrected chi connectivity index (χ0v) is 12.6. The number of rotatable bonds is 6. The lowest BCUT2D eigenvalue weighted by Crippen LogP contribution is -2.42. The van der Waals surface area contributed by atoms with E-state index in [4.69, 9.17) is 5.11 Å². The molecule has 0 radical (unpaired) electrons. The molecular weight excluding hydrogens is 252 g/mol. The Morgan fingerprint density at radius 3 is 2.67 bits per heavy atom. The molecule has 1 N–H and O–H groups in total. The lowest BCUT2D eigenvalue weighted by molar-refractivity contribution is -0.142. The van der Waals surface area contributed by atoms with Crippen molar-refractivity contribution in [3.8, 4) is 0 Å². The van der Waals surface area contributed by atoms with Crippen LogP contribution in [0.5, 0.6) is 0 Å². The lowest BCUT2D eigenvalue weighted by atomic mass is 9.99. The number of likely N-dealkylation sites (tertiary alicyclic amines) is 1. The van der Waals surface area contributed by atoms with Crippen LogP contribution in [0.1, 0.15) is 39.0 Å². The van der Waals surface area contributed by atoms with Crippen molar-refractivity contribution >= 4 is 18.4 Å². The quantitative estimate of drug-likeness (QED) is 0.808. The second kappa shape index (κ2) is 8.73. The Morgan fingerprint density at radius 2 is 2.17 bits per heavy atom. The molecule has 0 bridgehead atoms. The molecule has 0 aliphatic carbocycles. The van der Waals surface area contributed by atoms with Crippen LogP contribution >= 0.6 is 12.4 Å². The van der Waals surface area contributed by atoms with Crippen LogP contribution in [-0.2, 0) is 4.79 Å². The van der Waals surface area contributed by atoms with Gasteiger partial charge in [0.05, 0.1) is 0 Å². The van der Waals surface area contributed by atoms with Crippen molar-refractivity contribution in [2.45, 2.75) is 51.1 Å². The van der Waals surface area contributed by atoms with E-state index in [-0.39, 0.29) is 18.4 Å². The zero-order valence-electron chi connectivity index (χ0n) is 11.8. The van der Waals surface area contributed by atoms with Crippen molar-refractivity contribution in [1.82, 2.24) is 9.80 Å². The fourth-order valence-electron chi connectivity index (χ4n) is 2.69. The van der Waals surface area contributed by atoms with E-state index in [0.29, 0.717) is 12.5 Å². The molecule has 18 heavy (non-hydrogen) atoms. The number of carboxylic acid groups (broad SMARTS) is 1. The maximum Gasteiger partial charge on any atom is 0.320 e. The zero-order chi connectivity index (χ0) is 12.8. The minimum Gasteiger partial charge on any atom is -0.480 e. The fraction of sp³-hybridized carbons (Fsp3) is 0.923. The predicted octanol–water partition coefficient (Wildman–Crippen LogP) is 2.08. The fourth-order valence-corrected chi connectivity index (χ4v) is 2.69. The highest BCUT2D eigenvalue weighted by molar-refractivity contribution is 5.85. The molecule has 1 fully saturated rings. The molecule has 4 nitrogen and oxygen atoms in total. The first kappa shape index (κ1) is 17.7. The number of hydrogen-bond acceptors (Lipinski definition) is 3. The molecule has 1 heterocycles. The van der Waals surface area contributed by atoms with E-state index >= 15 is 0 Å². The molecule has 2 unspecified atom stereocenters. The number of piperidine rings is 1. The van der Waals surface area contributed by atoms with Crippen LogP contribution < -0.4 is 0 Å². The maximum atomic E-state index is 11.0. The van der Waals surface area contributed by atoms with Gasteiger partial charge in [-0.1, -0.05) is 13.3 Å². The Bertz CT molecular complexity index is 251. The summed E-state index contributed by atoms with van der Waals surface area (Å²) in [6.07, 6.45) is 5.63. The van der Waals surface area contributed by atoms with E-state index in [1.54, 1.807) is 0 Å². The number of nitrogens with zero attached hydrogens (tertiary/aromatic N) is 2. The van der Waals surface area contributed by atoms with Crippen LogP contribution in [0.4, 0.5) is 0 Å². The minimum atomic E-state index is -0.702. The normalized spacial score (nSPS) is 22.6. The van der Waals surface area contributed by atoms with Gasteiger partial charge < -0.3 is 10.0 Å². The Kier molecular flexibility index (Phi) is 8.57. The first-order valence-electron chi connectivity index (χ1n) is 6.69. The monoisotopic (exact) mass is 278 g/mol. The lowest BCUT2D eigenvalue weighted by Gasteiger charge is -2.34. The third-order valence-corrected chi connectivity index (χ3v) is 3.94. The molecular formula is C13H27ClN2O2. The maximum absolute atomic E-state index is 11.0. The molecule has 1 saturated heterocycles. The first-order chi connectivity index (χ1) is 8.06. The summed E-state index contributed by atoms with van der Waals surface area (Å²) >= 11 is 0. The van der Waals surface area contributed by atoms with Crippen LogP contribution in [0.25, 0.3) is 0 Å². The van der Waals surface area contributed by atoms with Crippen LogP contribution in [-0.4, -0.2) is 60.1 Å². The molecule has 5 heteroatoms.